The molecule has 10 nitrogen and oxygen atoms in total. The van der Waals surface area contributed by atoms with Crippen molar-refractivity contribution in [2.24, 2.45) is 7.05 Å². The lowest BCUT2D eigenvalue weighted by atomic mass is 10.0. The van der Waals surface area contributed by atoms with Crippen molar-refractivity contribution in [3.05, 3.63) is 63.8 Å². The number of benzene rings is 1. The van der Waals surface area contributed by atoms with E-state index >= 15 is 8.78 Å². The van der Waals surface area contributed by atoms with Crippen molar-refractivity contribution in [3.8, 4) is 11.1 Å². The number of ether oxygens (including phenoxy) is 1. The second-order valence-electron chi connectivity index (χ2n) is 11.7. The lowest BCUT2D eigenvalue weighted by Gasteiger charge is -2.39. The minimum absolute atomic E-state index is 0.0276. The molecule has 15 heteroatoms. The van der Waals surface area contributed by atoms with Crippen LogP contribution in [0.25, 0.3) is 11.1 Å². The molecule has 0 aliphatic carbocycles. The number of aryl methyl sites for hydroxylation is 1. The molecule has 1 aromatic carbocycles. The van der Waals surface area contributed by atoms with Crippen LogP contribution in [0.2, 0.25) is 0 Å². The van der Waals surface area contributed by atoms with E-state index in [-0.39, 0.29) is 29.5 Å². The number of aromatic nitrogens is 3. The predicted octanol–water partition coefficient (Wildman–Crippen LogP) is 4.15. The highest BCUT2D eigenvalue weighted by atomic mass is 19.4. The first-order valence-electron chi connectivity index (χ1n) is 14.4. The van der Waals surface area contributed by atoms with Gasteiger partial charge < -0.3 is 29.3 Å². The molecule has 3 atom stereocenters. The second-order valence-corrected chi connectivity index (χ2v) is 11.7. The van der Waals surface area contributed by atoms with Crippen molar-refractivity contribution < 1.29 is 31.5 Å². The number of morpholine rings is 1. The van der Waals surface area contributed by atoms with E-state index in [1.165, 1.54) is 19.4 Å². The van der Waals surface area contributed by atoms with Crippen LogP contribution >= 0.6 is 0 Å². The minimum atomic E-state index is -5.04. The van der Waals surface area contributed by atoms with Gasteiger partial charge in [0.1, 0.15) is 11.5 Å². The van der Waals surface area contributed by atoms with Crippen LogP contribution in [-0.4, -0.2) is 83.4 Å². The molecule has 0 bridgehead atoms. The van der Waals surface area contributed by atoms with E-state index in [4.69, 9.17) is 4.74 Å². The molecule has 1 amide bonds. The fourth-order valence-corrected chi connectivity index (χ4v) is 5.69. The molecule has 2 saturated heterocycles. The summed E-state index contributed by atoms with van der Waals surface area (Å²) in [5.41, 5.74) is -4.47. The zero-order valence-corrected chi connectivity index (χ0v) is 25.5. The number of hydrogen-bond acceptors (Lipinski definition) is 8. The highest BCUT2D eigenvalue weighted by Gasteiger charge is 2.37. The fraction of sp³-hybridized carbons (Fsp3) is 0.467. The summed E-state index contributed by atoms with van der Waals surface area (Å²) in [6.45, 7) is 7.98. The van der Waals surface area contributed by atoms with Crippen molar-refractivity contribution in [2.75, 3.05) is 54.9 Å². The van der Waals surface area contributed by atoms with Crippen LogP contribution in [0.15, 0.2) is 35.5 Å². The Morgan fingerprint density at radius 1 is 0.978 bits per heavy atom. The van der Waals surface area contributed by atoms with Gasteiger partial charge in [0, 0.05) is 82.1 Å². The van der Waals surface area contributed by atoms with Gasteiger partial charge in [0.25, 0.3) is 11.5 Å². The number of pyridine rings is 1. The van der Waals surface area contributed by atoms with E-state index in [1.807, 2.05) is 37.6 Å². The summed E-state index contributed by atoms with van der Waals surface area (Å²) in [7, 11) is 3.09. The van der Waals surface area contributed by atoms with E-state index in [2.05, 4.69) is 15.3 Å². The van der Waals surface area contributed by atoms with Gasteiger partial charge in [-0.05, 0) is 27.8 Å². The zero-order chi connectivity index (χ0) is 32.8. The molecule has 1 N–H and O–H groups in total. The number of nitrogens with one attached hydrogen (secondary N) is 1. The van der Waals surface area contributed by atoms with Crippen LogP contribution in [-0.2, 0) is 18.0 Å². The van der Waals surface area contributed by atoms with Crippen molar-refractivity contribution >= 4 is 23.2 Å². The number of hydrogen-bond donors (Lipinski definition) is 1. The van der Waals surface area contributed by atoms with Gasteiger partial charge in [-0.1, -0.05) is 0 Å². The molecule has 0 saturated carbocycles. The Morgan fingerprint density at radius 3 is 2.22 bits per heavy atom. The van der Waals surface area contributed by atoms with Crippen molar-refractivity contribution in [1.82, 2.24) is 19.4 Å². The average molecular weight is 636 g/mol. The number of rotatable bonds is 5. The molecule has 0 radical (unpaired) electrons. The van der Waals surface area contributed by atoms with Gasteiger partial charge in [-0.15, -0.1) is 0 Å². The number of carbonyl (C=O) groups excluding carboxylic acids is 1. The lowest BCUT2D eigenvalue weighted by molar-refractivity contribution is -0.138. The predicted molar refractivity (Wildman–Crippen MR) is 159 cm³/mol. The van der Waals surface area contributed by atoms with Crippen LogP contribution in [0.1, 0.15) is 36.7 Å². The smallest absolute Gasteiger partial charge is 0.372 e. The Bertz CT molecular complexity index is 1640. The van der Waals surface area contributed by atoms with Crippen molar-refractivity contribution in [1.29, 1.82) is 0 Å². The highest BCUT2D eigenvalue weighted by molar-refractivity contribution is 6.07. The summed E-state index contributed by atoms with van der Waals surface area (Å²) in [6.07, 6.45) is -1.95. The van der Waals surface area contributed by atoms with Crippen LogP contribution in [0.5, 0.6) is 0 Å². The summed E-state index contributed by atoms with van der Waals surface area (Å²) < 4.78 is 80.3. The van der Waals surface area contributed by atoms with Gasteiger partial charge in [-0.2, -0.15) is 13.2 Å². The quantitative estimate of drug-likeness (QED) is 0.418. The molecular formula is C30H34F5N7O3. The Kier molecular flexibility index (Phi) is 8.86. The van der Waals surface area contributed by atoms with Crippen LogP contribution in [0.3, 0.4) is 0 Å². The summed E-state index contributed by atoms with van der Waals surface area (Å²) in [6, 6.07) is 1.33. The molecular weight excluding hydrogens is 601 g/mol. The van der Waals surface area contributed by atoms with Gasteiger partial charge in [-0.3, -0.25) is 9.59 Å². The SMILES string of the molecule is C[C@@H]1CN(c2ncc(-c3c(F)cc(N4CCN(C)[C@@H](C)C4)c(NC(=O)c4cn(C)c(=O)cc4C(F)(F)F)c3F)cn2)C[C@@H](C)O1. The number of nitrogens with zero attached hydrogens (tertiary/aromatic N) is 6. The molecule has 2 aliphatic rings. The Labute approximate surface area is 256 Å². The Hall–Kier alpha value is -4.11. The van der Waals surface area contributed by atoms with E-state index in [1.54, 1.807) is 4.90 Å². The number of carbonyl (C=O) groups is 1. The maximum atomic E-state index is 16.5. The van der Waals surface area contributed by atoms with Crippen molar-refractivity contribution in [3.63, 3.8) is 0 Å². The zero-order valence-electron chi connectivity index (χ0n) is 25.5. The first-order chi connectivity index (χ1) is 21.1. The molecule has 3 aromatic rings. The lowest BCUT2D eigenvalue weighted by Crippen LogP contribution is -2.50. The first kappa shape index (κ1) is 32.3. The Morgan fingerprint density at radius 2 is 1.62 bits per heavy atom. The largest absolute Gasteiger partial charge is 0.417 e. The molecule has 242 valence electrons. The van der Waals surface area contributed by atoms with Crippen molar-refractivity contribution in [2.45, 2.75) is 45.2 Å². The monoisotopic (exact) mass is 635 g/mol. The molecule has 4 heterocycles. The molecule has 2 fully saturated rings. The van der Waals surface area contributed by atoms with Crippen LogP contribution in [0.4, 0.5) is 39.3 Å². The van der Waals surface area contributed by atoms with Gasteiger partial charge in [0.05, 0.1) is 34.6 Å². The Balaban J connectivity index is 1.58. The number of halogens is 5. The highest BCUT2D eigenvalue weighted by Crippen LogP contribution is 2.40. The fourth-order valence-electron chi connectivity index (χ4n) is 5.69. The molecule has 0 spiro atoms. The molecule has 5 rings (SSSR count). The third-order valence-corrected chi connectivity index (χ3v) is 8.14. The number of anilines is 3. The van der Waals surface area contributed by atoms with E-state index in [0.717, 1.165) is 16.8 Å². The van der Waals surface area contributed by atoms with Gasteiger partial charge >= 0.3 is 6.18 Å². The van der Waals surface area contributed by atoms with Gasteiger partial charge in [0.15, 0.2) is 5.82 Å². The molecule has 0 unspecified atom stereocenters. The number of likely N-dealkylation sites (N-methyl/N-ethyl adjacent to an activating group) is 1. The summed E-state index contributed by atoms with van der Waals surface area (Å²) in [5, 5.41) is 2.27. The standard InChI is InChI=1S/C30H34F5N7O3/c1-16-12-41(7-6-39(16)4)23-9-22(31)25(19-10-36-29(37-11-19)42-13-17(2)45-18(3)14-42)26(32)27(23)38-28(44)20-15-40(5)24(43)8-21(20)30(33,34)35/h8-11,15-18H,6-7,12-14H2,1-5H3,(H,38,44)/t16-,17+,18+/m0/s1. The van der Waals surface area contributed by atoms with E-state index in [0.29, 0.717) is 44.7 Å². The molecule has 2 aromatic heterocycles. The second kappa shape index (κ2) is 12.4. The maximum absolute atomic E-state index is 16.5. The van der Waals surface area contributed by atoms with E-state index < -0.39 is 51.7 Å². The van der Waals surface area contributed by atoms with Crippen LogP contribution in [0, 0.1) is 11.6 Å². The summed E-state index contributed by atoms with van der Waals surface area (Å²) in [4.78, 5) is 39.6. The number of amides is 1. The average Bonchev–Trinajstić information content (AvgIpc) is 2.96. The number of alkyl halides is 3. The third-order valence-electron chi connectivity index (χ3n) is 8.14. The topological polar surface area (TPSA) is 95.8 Å². The molecule has 45 heavy (non-hydrogen) atoms. The summed E-state index contributed by atoms with van der Waals surface area (Å²) in [5.74, 6) is -3.14. The number of piperazine rings is 1. The first-order valence-corrected chi connectivity index (χ1v) is 14.4. The third kappa shape index (κ3) is 6.64. The van der Waals surface area contributed by atoms with Gasteiger partial charge in [0.2, 0.25) is 5.95 Å². The van der Waals surface area contributed by atoms with E-state index in [9.17, 15) is 22.8 Å². The van der Waals surface area contributed by atoms with Gasteiger partial charge in [-0.25, -0.2) is 18.7 Å². The minimum Gasteiger partial charge on any atom is -0.372 e. The maximum Gasteiger partial charge on any atom is 0.417 e. The normalized spacial score (nSPS) is 21.2. The molecule has 2 aliphatic heterocycles. The van der Waals surface area contributed by atoms with Crippen LogP contribution < -0.4 is 20.7 Å². The summed E-state index contributed by atoms with van der Waals surface area (Å²) >= 11 is 0.